The Bertz CT molecular complexity index is 2880. The first-order valence-electron chi connectivity index (χ1n) is 18.9. The van der Waals surface area contributed by atoms with Gasteiger partial charge in [0.05, 0.1) is 22.2 Å². The third kappa shape index (κ3) is 4.11. The summed E-state index contributed by atoms with van der Waals surface area (Å²) in [6, 6.07) is 69.0. The van der Waals surface area contributed by atoms with E-state index >= 15 is 0 Å². The first-order chi connectivity index (χ1) is 26.6. The molecule has 0 N–H and O–H groups in total. The van der Waals surface area contributed by atoms with E-state index in [4.69, 9.17) is 4.42 Å². The van der Waals surface area contributed by atoms with E-state index in [0.29, 0.717) is 0 Å². The molecule has 2 nitrogen and oxygen atoms in total. The summed E-state index contributed by atoms with van der Waals surface area (Å²) in [7, 11) is 0. The van der Waals surface area contributed by atoms with Crippen LogP contribution in [0.3, 0.4) is 0 Å². The van der Waals surface area contributed by atoms with Crippen molar-refractivity contribution in [3.8, 4) is 22.3 Å². The van der Waals surface area contributed by atoms with E-state index in [1.54, 1.807) is 0 Å². The third-order valence-corrected chi connectivity index (χ3v) is 12.1. The number of benzene rings is 8. The lowest BCUT2D eigenvalue weighted by molar-refractivity contribution is 0.660. The predicted octanol–water partition coefficient (Wildman–Crippen LogP) is 13.7. The predicted molar refractivity (Wildman–Crippen MR) is 223 cm³/mol. The van der Waals surface area contributed by atoms with Crippen LogP contribution >= 0.6 is 0 Å². The Labute approximate surface area is 315 Å². The summed E-state index contributed by atoms with van der Waals surface area (Å²) in [5, 5.41) is 2.22. The van der Waals surface area contributed by atoms with E-state index in [9.17, 15) is 0 Å². The van der Waals surface area contributed by atoms with Gasteiger partial charge in [-0.2, -0.15) is 0 Å². The van der Waals surface area contributed by atoms with Gasteiger partial charge in [-0.3, -0.25) is 0 Å². The maximum Gasteiger partial charge on any atom is 0.137 e. The average Bonchev–Trinajstić information content (AvgIpc) is 3.83. The Morgan fingerprint density at radius 3 is 1.78 bits per heavy atom. The molecule has 8 aromatic carbocycles. The molecule has 2 aliphatic rings. The molecule has 0 spiro atoms. The fourth-order valence-corrected chi connectivity index (χ4v) is 9.84. The fourth-order valence-electron chi connectivity index (χ4n) is 9.84. The largest absolute Gasteiger partial charge is 0.456 e. The zero-order valence-corrected chi connectivity index (χ0v) is 30.3. The molecule has 256 valence electrons. The Balaban J connectivity index is 1.26. The van der Waals surface area contributed by atoms with Gasteiger partial charge in [0.2, 0.25) is 0 Å². The number of hydrogen-bond donors (Lipinski definition) is 0. The topological polar surface area (TPSA) is 16.4 Å². The lowest BCUT2D eigenvalue weighted by Gasteiger charge is -2.35. The van der Waals surface area contributed by atoms with Crippen molar-refractivity contribution in [2.75, 3.05) is 4.90 Å². The Kier molecular flexibility index (Phi) is 6.55. The van der Waals surface area contributed by atoms with Gasteiger partial charge in [0.15, 0.2) is 0 Å². The summed E-state index contributed by atoms with van der Waals surface area (Å²) in [5.74, 6) is 0. The van der Waals surface area contributed by atoms with Crippen LogP contribution in [0.5, 0.6) is 0 Å². The highest BCUT2D eigenvalue weighted by Crippen LogP contribution is 2.59. The Hall–Kier alpha value is -6.64. The molecule has 54 heavy (non-hydrogen) atoms. The minimum Gasteiger partial charge on any atom is -0.456 e. The smallest absolute Gasteiger partial charge is 0.137 e. The summed E-state index contributed by atoms with van der Waals surface area (Å²) >= 11 is 0. The zero-order chi connectivity index (χ0) is 36.0. The van der Waals surface area contributed by atoms with Gasteiger partial charge >= 0.3 is 0 Å². The van der Waals surface area contributed by atoms with Crippen molar-refractivity contribution in [3.05, 3.63) is 221 Å². The van der Waals surface area contributed by atoms with Crippen LogP contribution in [0.25, 0.3) is 44.2 Å². The molecule has 0 saturated heterocycles. The second-order valence-electron chi connectivity index (χ2n) is 15.2. The normalized spacial score (nSPS) is 14.4. The van der Waals surface area contributed by atoms with Gasteiger partial charge in [0, 0.05) is 22.1 Å². The van der Waals surface area contributed by atoms with Crippen LogP contribution in [0.4, 0.5) is 17.1 Å². The van der Waals surface area contributed by atoms with Crippen molar-refractivity contribution >= 4 is 39.0 Å². The number of fused-ring (bicyclic) bond motifs is 9. The highest BCUT2D eigenvalue weighted by molar-refractivity contribution is 6.14. The molecule has 0 radical (unpaired) electrons. The monoisotopic (exact) mass is 691 g/mol. The number of hydrogen-bond acceptors (Lipinski definition) is 2. The van der Waals surface area contributed by atoms with Gasteiger partial charge in [0.25, 0.3) is 0 Å². The number of para-hydroxylation sites is 1. The van der Waals surface area contributed by atoms with Crippen molar-refractivity contribution < 1.29 is 4.42 Å². The minimum atomic E-state index is -0.516. The van der Waals surface area contributed by atoms with E-state index in [0.717, 1.165) is 39.0 Å². The van der Waals surface area contributed by atoms with E-state index in [1.807, 2.05) is 0 Å². The lowest BCUT2D eigenvalue weighted by atomic mass is 9.67. The second kappa shape index (κ2) is 11.4. The summed E-state index contributed by atoms with van der Waals surface area (Å²) < 4.78 is 6.54. The van der Waals surface area contributed by atoms with Gasteiger partial charge in [-0.25, -0.2) is 0 Å². The molecule has 0 fully saturated rings. The van der Waals surface area contributed by atoms with Gasteiger partial charge < -0.3 is 9.32 Å². The van der Waals surface area contributed by atoms with Crippen molar-refractivity contribution in [3.63, 3.8) is 0 Å². The molecule has 9 aromatic rings. The number of furan rings is 1. The molecular weight excluding hydrogens is 655 g/mol. The van der Waals surface area contributed by atoms with E-state index in [-0.39, 0.29) is 5.41 Å². The van der Waals surface area contributed by atoms with Crippen LogP contribution < -0.4 is 4.90 Å². The van der Waals surface area contributed by atoms with E-state index < -0.39 is 5.41 Å². The molecule has 2 aliphatic carbocycles. The maximum atomic E-state index is 6.54. The van der Waals surface area contributed by atoms with Gasteiger partial charge in [0.1, 0.15) is 11.2 Å². The number of rotatable bonds is 5. The van der Waals surface area contributed by atoms with Crippen LogP contribution in [0.2, 0.25) is 0 Å². The van der Waals surface area contributed by atoms with Crippen molar-refractivity contribution in [2.24, 2.45) is 0 Å². The Morgan fingerprint density at radius 1 is 0.426 bits per heavy atom. The molecule has 1 aromatic heterocycles. The molecule has 1 heterocycles. The molecule has 0 unspecified atom stereocenters. The quantitative estimate of drug-likeness (QED) is 0.179. The highest BCUT2D eigenvalue weighted by atomic mass is 16.3. The minimum absolute atomic E-state index is 0.142. The summed E-state index contributed by atoms with van der Waals surface area (Å²) in [5.41, 5.74) is 17.4. The first-order valence-corrected chi connectivity index (χ1v) is 18.9. The van der Waals surface area contributed by atoms with Gasteiger partial charge in [-0.05, 0) is 86.5 Å². The van der Waals surface area contributed by atoms with Crippen molar-refractivity contribution in [1.82, 2.24) is 0 Å². The van der Waals surface area contributed by atoms with E-state index in [2.05, 4.69) is 207 Å². The molecule has 0 atom stereocenters. The molecule has 0 saturated carbocycles. The van der Waals surface area contributed by atoms with E-state index in [1.165, 1.54) is 55.6 Å². The average molecular weight is 692 g/mol. The first kappa shape index (κ1) is 30.9. The lowest BCUT2D eigenvalue weighted by Crippen LogP contribution is -2.28. The number of anilines is 3. The number of nitrogens with zero attached hydrogens (tertiary/aromatic N) is 1. The SMILES string of the molecule is CC1(C)c2ccccc2-c2c(N(c3ccc4c(c3)C(c3ccccc3)(c3ccccc3)c3ccccc3-4)c3cccc4oc5ccccc5c34)cccc21. The van der Waals surface area contributed by atoms with Gasteiger partial charge in [-0.1, -0.05) is 166 Å². The molecule has 2 heteroatoms. The van der Waals surface area contributed by atoms with Crippen LogP contribution in [-0.4, -0.2) is 0 Å². The van der Waals surface area contributed by atoms with Crippen molar-refractivity contribution in [2.45, 2.75) is 24.7 Å². The fraction of sp³-hybridized carbons (Fsp3) is 0.0769. The summed E-state index contributed by atoms with van der Waals surface area (Å²) in [6.07, 6.45) is 0. The van der Waals surface area contributed by atoms with Crippen LogP contribution in [0.1, 0.15) is 47.2 Å². The van der Waals surface area contributed by atoms with Crippen LogP contribution in [0.15, 0.2) is 192 Å². The second-order valence-corrected chi connectivity index (χ2v) is 15.2. The molecular formula is C52H37NO. The maximum absolute atomic E-state index is 6.54. The summed E-state index contributed by atoms with van der Waals surface area (Å²) in [6.45, 7) is 4.72. The zero-order valence-electron chi connectivity index (χ0n) is 30.3. The Morgan fingerprint density at radius 2 is 1.00 bits per heavy atom. The molecule has 0 amide bonds. The molecule has 11 rings (SSSR count). The van der Waals surface area contributed by atoms with Crippen molar-refractivity contribution in [1.29, 1.82) is 0 Å². The standard InChI is InChI=1S/C52H37NO/c1-51(2)41-24-12-10-22-39(41)49-43(51)26-15-27-45(49)53(46-28-16-30-48-50(46)40-23-11-14-29-47(40)54-48)36-31-32-38-37-21-9-13-25-42(37)52(44(38)33-36,34-17-5-3-6-18-34)35-19-7-4-8-20-35/h3-33H,1-2H3. The molecule has 0 bridgehead atoms. The van der Waals surface area contributed by atoms with Gasteiger partial charge in [-0.15, -0.1) is 0 Å². The molecule has 0 aliphatic heterocycles. The summed E-state index contributed by atoms with van der Waals surface area (Å²) in [4.78, 5) is 2.51. The highest BCUT2D eigenvalue weighted by Gasteiger charge is 2.46. The third-order valence-electron chi connectivity index (χ3n) is 12.1. The van der Waals surface area contributed by atoms with Crippen LogP contribution in [0, 0.1) is 0 Å². The van der Waals surface area contributed by atoms with Crippen LogP contribution in [-0.2, 0) is 10.8 Å².